The fourth-order valence-electron chi connectivity index (χ4n) is 1.66. The maximum absolute atomic E-state index is 10.9. The van der Waals surface area contributed by atoms with Crippen molar-refractivity contribution < 1.29 is 9.53 Å². The van der Waals surface area contributed by atoms with Crippen LogP contribution in [0.4, 0.5) is 0 Å². The van der Waals surface area contributed by atoms with E-state index in [0.29, 0.717) is 6.42 Å². The summed E-state index contributed by atoms with van der Waals surface area (Å²) >= 11 is 0. The largest absolute Gasteiger partial charge is 0.469 e. The predicted molar refractivity (Wildman–Crippen MR) is 94.8 cm³/mol. The Labute approximate surface area is 140 Å². The van der Waals surface area contributed by atoms with Gasteiger partial charge in [-0.3, -0.25) is 9.79 Å². The van der Waals surface area contributed by atoms with Gasteiger partial charge in [-0.05, 0) is 19.3 Å². The Kier molecular flexibility index (Phi) is 18.0. The zero-order chi connectivity index (χ0) is 14.3. The van der Waals surface area contributed by atoms with Gasteiger partial charge in [0, 0.05) is 26.6 Å². The first-order valence-electron chi connectivity index (χ1n) is 7.26. The molecule has 0 aliphatic heterocycles. The Bertz CT molecular complexity index is 261. The molecule has 5 nitrogen and oxygen atoms in total. The number of carbonyl (C=O) groups is 1. The van der Waals surface area contributed by atoms with Gasteiger partial charge in [0.05, 0.1) is 7.11 Å². The van der Waals surface area contributed by atoms with Gasteiger partial charge in [0.15, 0.2) is 5.96 Å². The van der Waals surface area contributed by atoms with Crippen molar-refractivity contribution in [2.45, 2.75) is 51.9 Å². The molecule has 0 atom stereocenters. The molecule has 0 amide bonds. The van der Waals surface area contributed by atoms with Crippen molar-refractivity contribution >= 4 is 35.9 Å². The van der Waals surface area contributed by atoms with Crippen molar-refractivity contribution in [1.29, 1.82) is 0 Å². The lowest BCUT2D eigenvalue weighted by Gasteiger charge is -2.11. The second-order valence-corrected chi connectivity index (χ2v) is 4.52. The molecule has 0 fully saturated rings. The molecule has 0 aromatic carbocycles. The number of methoxy groups -OCH3 is 1. The average Bonchev–Trinajstić information content (AvgIpc) is 2.44. The number of rotatable bonds is 10. The van der Waals surface area contributed by atoms with Crippen LogP contribution in [-0.2, 0) is 9.53 Å². The molecule has 0 aliphatic carbocycles. The van der Waals surface area contributed by atoms with Crippen LogP contribution in [0.3, 0.4) is 0 Å². The van der Waals surface area contributed by atoms with Gasteiger partial charge in [-0.1, -0.05) is 26.2 Å². The molecule has 0 radical (unpaired) electrons. The SMILES string of the molecule is CCCCNC(=NC)NCCCCCCC(=O)OC.I. The minimum Gasteiger partial charge on any atom is -0.469 e. The molecule has 0 rings (SSSR count). The van der Waals surface area contributed by atoms with Crippen molar-refractivity contribution in [2.24, 2.45) is 4.99 Å². The highest BCUT2D eigenvalue weighted by Crippen LogP contribution is 2.03. The minimum absolute atomic E-state index is 0. The fourth-order valence-corrected chi connectivity index (χ4v) is 1.66. The topological polar surface area (TPSA) is 62.7 Å². The molecule has 0 aromatic rings. The van der Waals surface area contributed by atoms with Crippen LogP contribution in [0.2, 0.25) is 0 Å². The number of guanidine groups is 1. The first-order chi connectivity index (χ1) is 9.24. The number of halogens is 1. The van der Waals surface area contributed by atoms with Crippen LogP contribution in [0.15, 0.2) is 4.99 Å². The molecule has 0 spiro atoms. The molecule has 0 saturated carbocycles. The molecule has 120 valence electrons. The van der Waals surface area contributed by atoms with Crippen molar-refractivity contribution in [3.05, 3.63) is 0 Å². The van der Waals surface area contributed by atoms with E-state index in [0.717, 1.165) is 51.2 Å². The van der Waals surface area contributed by atoms with Crippen LogP contribution in [0.25, 0.3) is 0 Å². The monoisotopic (exact) mass is 399 g/mol. The lowest BCUT2D eigenvalue weighted by atomic mass is 10.1. The summed E-state index contributed by atoms with van der Waals surface area (Å²) in [5, 5.41) is 6.56. The number of unbranched alkanes of at least 4 members (excludes halogenated alkanes) is 4. The Morgan fingerprint density at radius 1 is 1.05 bits per heavy atom. The lowest BCUT2D eigenvalue weighted by Crippen LogP contribution is -2.38. The lowest BCUT2D eigenvalue weighted by molar-refractivity contribution is -0.140. The van der Waals surface area contributed by atoms with Crippen LogP contribution in [0.5, 0.6) is 0 Å². The average molecular weight is 399 g/mol. The molecule has 0 unspecified atom stereocenters. The van der Waals surface area contributed by atoms with Crippen LogP contribution in [0.1, 0.15) is 51.9 Å². The van der Waals surface area contributed by atoms with Crippen LogP contribution in [-0.4, -0.2) is 39.2 Å². The van der Waals surface area contributed by atoms with Gasteiger partial charge < -0.3 is 15.4 Å². The minimum atomic E-state index is -0.112. The van der Waals surface area contributed by atoms with E-state index in [1.807, 2.05) is 0 Å². The first kappa shape index (κ1) is 21.8. The number of nitrogens with zero attached hydrogens (tertiary/aromatic N) is 1. The van der Waals surface area contributed by atoms with Gasteiger partial charge in [-0.25, -0.2) is 0 Å². The summed E-state index contributed by atoms with van der Waals surface area (Å²) in [6.07, 6.45) is 7.07. The maximum atomic E-state index is 10.9. The summed E-state index contributed by atoms with van der Waals surface area (Å²) in [6.45, 7) is 4.06. The second-order valence-electron chi connectivity index (χ2n) is 4.52. The molecule has 0 saturated heterocycles. The first-order valence-corrected chi connectivity index (χ1v) is 7.26. The van der Waals surface area contributed by atoms with E-state index < -0.39 is 0 Å². The second kappa shape index (κ2) is 16.5. The molecule has 0 heterocycles. The van der Waals surface area contributed by atoms with Crippen LogP contribution < -0.4 is 10.6 Å². The Morgan fingerprint density at radius 2 is 1.65 bits per heavy atom. The summed E-state index contributed by atoms with van der Waals surface area (Å²) in [5.74, 6) is 0.765. The van der Waals surface area contributed by atoms with E-state index in [4.69, 9.17) is 0 Å². The van der Waals surface area contributed by atoms with E-state index in [9.17, 15) is 4.79 Å². The van der Waals surface area contributed by atoms with Gasteiger partial charge in [-0.2, -0.15) is 0 Å². The standard InChI is InChI=1S/C14H29N3O2.HI/c1-4-5-11-16-14(15-2)17-12-9-7-6-8-10-13(18)19-3;/h4-12H2,1-3H3,(H2,15,16,17);1H. The van der Waals surface area contributed by atoms with Crippen molar-refractivity contribution in [2.75, 3.05) is 27.2 Å². The van der Waals surface area contributed by atoms with Crippen molar-refractivity contribution in [1.82, 2.24) is 10.6 Å². The smallest absolute Gasteiger partial charge is 0.305 e. The zero-order valence-corrected chi connectivity index (χ0v) is 15.4. The Morgan fingerprint density at radius 3 is 2.20 bits per heavy atom. The molecule has 2 N–H and O–H groups in total. The van der Waals surface area contributed by atoms with E-state index >= 15 is 0 Å². The Hall–Kier alpha value is -0.530. The number of hydrogen-bond acceptors (Lipinski definition) is 3. The van der Waals surface area contributed by atoms with Gasteiger partial charge in [-0.15, -0.1) is 24.0 Å². The van der Waals surface area contributed by atoms with Gasteiger partial charge >= 0.3 is 5.97 Å². The highest BCUT2D eigenvalue weighted by Gasteiger charge is 1.99. The summed E-state index contributed by atoms with van der Waals surface area (Å²) < 4.78 is 4.60. The van der Waals surface area contributed by atoms with Crippen LogP contribution >= 0.6 is 24.0 Å². The van der Waals surface area contributed by atoms with E-state index in [-0.39, 0.29) is 29.9 Å². The van der Waals surface area contributed by atoms with Gasteiger partial charge in [0.1, 0.15) is 0 Å². The molecule has 6 heteroatoms. The number of nitrogens with one attached hydrogen (secondary N) is 2. The van der Waals surface area contributed by atoms with Crippen molar-refractivity contribution in [3.63, 3.8) is 0 Å². The highest BCUT2D eigenvalue weighted by atomic mass is 127. The summed E-state index contributed by atoms with van der Waals surface area (Å²) in [7, 11) is 3.22. The number of ether oxygens (including phenoxy) is 1. The van der Waals surface area contributed by atoms with Crippen molar-refractivity contribution in [3.8, 4) is 0 Å². The van der Waals surface area contributed by atoms with E-state index in [1.165, 1.54) is 13.5 Å². The van der Waals surface area contributed by atoms with E-state index in [2.05, 4.69) is 27.3 Å². The number of hydrogen-bond donors (Lipinski definition) is 2. The molecule has 0 aliphatic rings. The third-order valence-corrected chi connectivity index (χ3v) is 2.87. The van der Waals surface area contributed by atoms with Gasteiger partial charge in [0.25, 0.3) is 0 Å². The molecular formula is C14H30IN3O2. The van der Waals surface area contributed by atoms with E-state index in [1.54, 1.807) is 7.05 Å². The normalized spacial score (nSPS) is 10.7. The van der Waals surface area contributed by atoms with Crippen LogP contribution in [0, 0.1) is 0 Å². The quantitative estimate of drug-likeness (QED) is 0.195. The molecule has 20 heavy (non-hydrogen) atoms. The summed E-state index contributed by atoms with van der Waals surface area (Å²) in [5.41, 5.74) is 0. The third-order valence-electron chi connectivity index (χ3n) is 2.87. The third kappa shape index (κ3) is 13.9. The van der Waals surface area contributed by atoms with Gasteiger partial charge in [0.2, 0.25) is 0 Å². The predicted octanol–water partition coefficient (Wildman–Crippen LogP) is 2.69. The molecule has 0 aromatic heterocycles. The zero-order valence-electron chi connectivity index (χ0n) is 13.0. The Balaban J connectivity index is 0. The number of carbonyl (C=O) groups excluding carboxylic acids is 1. The summed E-state index contributed by atoms with van der Waals surface area (Å²) in [4.78, 5) is 15.1. The molecule has 0 bridgehead atoms. The maximum Gasteiger partial charge on any atom is 0.305 e. The number of esters is 1. The fraction of sp³-hybridized carbons (Fsp3) is 0.857. The highest BCUT2D eigenvalue weighted by molar-refractivity contribution is 14.0. The summed E-state index contributed by atoms with van der Waals surface area (Å²) in [6, 6.07) is 0. The number of aliphatic imine (C=N–C) groups is 1. The molecular weight excluding hydrogens is 369 g/mol.